The van der Waals surface area contributed by atoms with E-state index in [1.54, 1.807) is 0 Å². The average Bonchev–Trinajstić information content (AvgIpc) is 3.38. The molecule has 0 spiro atoms. The number of hydrogen-bond acceptors (Lipinski definition) is 15. The van der Waals surface area contributed by atoms with E-state index in [0.717, 1.165) is 77.0 Å². The lowest BCUT2D eigenvalue weighted by atomic mass is 9.86. The molecule has 15 nitrogen and oxygen atoms in total. The van der Waals surface area contributed by atoms with Crippen molar-refractivity contribution < 1.29 is 66.7 Å². The first kappa shape index (κ1) is 60.8. The van der Waals surface area contributed by atoms with E-state index >= 15 is 0 Å². The number of ether oxygens (including phenoxy) is 7. The molecule has 0 N–H and O–H groups in total. The minimum absolute atomic E-state index is 0.0289. The Bertz CT molecular complexity index is 1390. The third-order valence-corrected chi connectivity index (χ3v) is 15.3. The Labute approximate surface area is 432 Å². The van der Waals surface area contributed by atoms with Crippen molar-refractivity contribution in [1.29, 1.82) is 0 Å². The molecule has 15 heteroatoms. The summed E-state index contributed by atoms with van der Waals surface area (Å²) in [7, 11) is 3.85. The third kappa shape index (κ3) is 29.2. The highest BCUT2D eigenvalue weighted by atomic mass is 16.6. The molecule has 4 saturated carbocycles. The standard InChI is InChI=1S/C57H95NO14/c1-58(2)39-17-30-57(65)70-48(26-15-28-55(63)71-49(40-66-51(59)35-31-44-18-7-3-8-19-44)41-67-52(60)36-32-45-20-9-4-10-21-45)27-16-29-56(64)72-50(42-68-53(61)37-33-46-22-11-5-12-23-46)43-69-54(62)38-34-47-24-13-6-14-25-47/h44-50H,3-43H2,1-2H3. The molecule has 0 heterocycles. The smallest absolute Gasteiger partial charge is 0.306 e. The molecule has 0 unspecified atom stereocenters. The number of esters is 7. The third-order valence-electron chi connectivity index (χ3n) is 15.3. The van der Waals surface area contributed by atoms with Gasteiger partial charge in [0.05, 0.1) is 0 Å². The van der Waals surface area contributed by atoms with Crippen molar-refractivity contribution in [1.82, 2.24) is 4.90 Å². The van der Waals surface area contributed by atoms with Crippen LogP contribution in [0.2, 0.25) is 0 Å². The molecule has 0 atom stereocenters. The molecular formula is C57H95NO14. The van der Waals surface area contributed by atoms with Crippen LogP contribution in [0.1, 0.15) is 231 Å². The van der Waals surface area contributed by atoms with Crippen LogP contribution in [0, 0.1) is 23.7 Å². The summed E-state index contributed by atoms with van der Waals surface area (Å²) < 4.78 is 39.6. The second kappa shape index (κ2) is 37.1. The Morgan fingerprint density at radius 2 is 0.611 bits per heavy atom. The lowest BCUT2D eigenvalue weighted by Gasteiger charge is -2.22. The van der Waals surface area contributed by atoms with Gasteiger partial charge in [0, 0.05) is 44.9 Å². The highest BCUT2D eigenvalue weighted by Gasteiger charge is 2.26. The number of hydrogen-bond donors (Lipinski definition) is 0. The number of nitrogens with zero attached hydrogens (tertiary/aromatic N) is 1. The van der Waals surface area contributed by atoms with Gasteiger partial charge in [0.15, 0.2) is 12.2 Å². The van der Waals surface area contributed by atoms with E-state index < -0.39 is 30.3 Å². The van der Waals surface area contributed by atoms with E-state index in [1.807, 2.05) is 19.0 Å². The summed E-state index contributed by atoms with van der Waals surface area (Å²) in [4.78, 5) is 92.6. The Hall–Kier alpha value is -3.75. The lowest BCUT2D eigenvalue weighted by molar-refractivity contribution is -0.167. The van der Waals surface area contributed by atoms with Crippen molar-refractivity contribution in [3.8, 4) is 0 Å². The Kier molecular flexibility index (Phi) is 31.3. The van der Waals surface area contributed by atoms with Gasteiger partial charge in [-0.3, -0.25) is 33.6 Å². The van der Waals surface area contributed by atoms with E-state index in [4.69, 9.17) is 33.2 Å². The van der Waals surface area contributed by atoms with Crippen LogP contribution in [0.25, 0.3) is 0 Å². The molecule has 0 aliphatic heterocycles. The van der Waals surface area contributed by atoms with Gasteiger partial charge in [-0.25, -0.2) is 0 Å². The van der Waals surface area contributed by atoms with Crippen molar-refractivity contribution in [2.24, 2.45) is 23.7 Å². The molecular weight excluding hydrogens is 923 g/mol. The van der Waals surface area contributed by atoms with Gasteiger partial charge < -0.3 is 38.1 Å². The summed E-state index contributed by atoms with van der Waals surface area (Å²) >= 11 is 0. The molecule has 4 fully saturated rings. The van der Waals surface area contributed by atoms with Gasteiger partial charge in [-0.1, -0.05) is 128 Å². The summed E-state index contributed by atoms with van der Waals surface area (Å²) in [5.41, 5.74) is 0. The van der Waals surface area contributed by atoms with Gasteiger partial charge in [0.2, 0.25) is 0 Å². The molecule has 4 aliphatic carbocycles. The van der Waals surface area contributed by atoms with Gasteiger partial charge in [-0.05, 0) is 102 Å². The van der Waals surface area contributed by atoms with E-state index in [2.05, 4.69) is 0 Å². The van der Waals surface area contributed by atoms with Gasteiger partial charge in [0.25, 0.3) is 0 Å². The maximum Gasteiger partial charge on any atom is 0.306 e. The first-order valence-electron chi connectivity index (χ1n) is 28.8. The number of carbonyl (C=O) groups excluding carboxylic acids is 7. The summed E-state index contributed by atoms with van der Waals surface area (Å²) in [6, 6.07) is 0. The Balaban J connectivity index is 1.27. The zero-order valence-electron chi connectivity index (χ0n) is 44.7. The monoisotopic (exact) mass is 1020 g/mol. The van der Waals surface area contributed by atoms with Gasteiger partial charge in [-0.2, -0.15) is 0 Å². The van der Waals surface area contributed by atoms with Crippen molar-refractivity contribution in [3.63, 3.8) is 0 Å². The maximum atomic E-state index is 13.3. The fraction of sp³-hybridized carbons (Fsp3) is 0.877. The van der Waals surface area contributed by atoms with Crippen LogP contribution >= 0.6 is 0 Å². The molecule has 0 amide bonds. The van der Waals surface area contributed by atoms with Crippen LogP contribution in [-0.2, 0) is 66.7 Å². The topological polar surface area (TPSA) is 187 Å². The van der Waals surface area contributed by atoms with Crippen molar-refractivity contribution in [3.05, 3.63) is 0 Å². The first-order chi connectivity index (χ1) is 34.9. The lowest BCUT2D eigenvalue weighted by Crippen LogP contribution is -2.31. The van der Waals surface area contributed by atoms with Crippen LogP contribution in [0.5, 0.6) is 0 Å². The summed E-state index contributed by atoms with van der Waals surface area (Å²) in [5.74, 6) is -0.927. The zero-order valence-corrected chi connectivity index (χ0v) is 44.7. The molecule has 0 saturated heterocycles. The molecule has 0 bridgehead atoms. The predicted molar refractivity (Wildman–Crippen MR) is 272 cm³/mol. The Morgan fingerprint density at radius 3 is 0.889 bits per heavy atom. The van der Waals surface area contributed by atoms with Crippen LogP contribution in [0.15, 0.2) is 0 Å². The molecule has 4 rings (SSSR count). The van der Waals surface area contributed by atoms with Crippen molar-refractivity contribution >= 4 is 41.8 Å². The molecule has 412 valence electrons. The minimum Gasteiger partial charge on any atom is -0.462 e. The molecule has 0 aromatic heterocycles. The fourth-order valence-corrected chi connectivity index (χ4v) is 10.9. The predicted octanol–water partition coefficient (Wildman–Crippen LogP) is 11.0. The maximum absolute atomic E-state index is 13.3. The van der Waals surface area contributed by atoms with E-state index in [-0.39, 0.29) is 101 Å². The SMILES string of the molecule is CN(C)CCCC(=O)OC(CCCC(=O)OC(COC(=O)CCC1CCCCC1)COC(=O)CCC1CCCCC1)CCCC(=O)OC(COC(=O)CCC1CCCCC1)COC(=O)CCC1CCCCC1. The van der Waals surface area contributed by atoms with E-state index in [0.29, 0.717) is 62.3 Å². The Morgan fingerprint density at radius 1 is 0.347 bits per heavy atom. The normalized spacial score (nSPS) is 17.5. The molecule has 0 aromatic rings. The van der Waals surface area contributed by atoms with Gasteiger partial charge in [-0.15, -0.1) is 0 Å². The fourth-order valence-electron chi connectivity index (χ4n) is 10.9. The zero-order chi connectivity index (χ0) is 51.6. The quantitative estimate of drug-likeness (QED) is 0.0430. The molecule has 72 heavy (non-hydrogen) atoms. The van der Waals surface area contributed by atoms with Crippen LogP contribution in [0.4, 0.5) is 0 Å². The number of carbonyl (C=O) groups is 7. The second-order valence-corrected chi connectivity index (χ2v) is 21.9. The molecule has 4 aliphatic rings. The molecule has 0 aromatic carbocycles. The molecule has 0 radical (unpaired) electrons. The average molecular weight is 1020 g/mol. The van der Waals surface area contributed by atoms with Crippen molar-refractivity contribution in [2.45, 2.75) is 249 Å². The highest BCUT2D eigenvalue weighted by molar-refractivity contribution is 5.72. The second-order valence-electron chi connectivity index (χ2n) is 21.9. The van der Waals surface area contributed by atoms with Gasteiger partial charge >= 0.3 is 41.8 Å². The summed E-state index contributed by atoms with van der Waals surface area (Å²) in [6.07, 6.45) is 27.0. The first-order valence-corrected chi connectivity index (χ1v) is 28.8. The van der Waals surface area contributed by atoms with Crippen LogP contribution < -0.4 is 0 Å². The van der Waals surface area contributed by atoms with Crippen LogP contribution in [-0.4, -0.2) is 112 Å². The summed E-state index contributed by atoms with van der Waals surface area (Å²) in [6.45, 7) is -0.179. The summed E-state index contributed by atoms with van der Waals surface area (Å²) in [5, 5.41) is 0. The van der Waals surface area contributed by atoms with Crippen molar-refractivity contribution in [2.75, 3.05) is 47.1 Å². The highest BCUT2D eigenvalue weighted by Crippen LogP contribution is 2.30. The van der Waals surface area contributed by atoms with E-state index in [1.165, 1.54) is 77.0 Å². The van der Waals surface area contributed by atoms with Gasteiger partial charge in [0.1, 0.15) is 32.5 Å². The number of rotatable bonds is 35. The minimum atomic E-state index is -0.968. The van der Waals surface area contributed by atoms with Crippen LogP contribution in [0.3, 0.4) is 0 Å². The van der Waals surface area contributed by atoms with E-state index in [9.17, 15) is 33.6 Å². The largest absolute Gasteiger partial charge is 0.462 e.